The summed E-state index contributed by atoms with van der Waals surface area (Å²) in [5.41, 5.74) is 1.85. The largest absolute Gasteiger partial charge is 0.310 e. The first kappa shape index (κ1) is 15.2. The first-order chi connectivity index (χ1) is 9.72. The van der Waals surface area contributed by atoms with E-state index in [1.165, 1.54) is 0 Å². The van der Waals surface area contributed by atoms with Crippen molar-refractivity contribution in [3.63, 3.8) is 0 Å². The van der Waals surface area contributed by atoms with Gasteiger partial charge in [-0.05, 0) is 37.0 Å². The third kappa shape index (κ3) is 4.16. The summed E-state index contributed by atoms with van der Waals surface area (Å²) < 4.78 is 11.9. The molecule has 0 saturated heterocycles. The van der Waals surface area contributed by atoms with Crippen LogP contribution in [0.5, 0.6) is 0 Å². The van der Waals surface area contributed by atoms with Crippen LogP contribution in [0.1, 0.15) is 43.7 Å². The van der Waals surface area contributed by atoms with Crippen molar-refractivity contribution in [2.75, 3.05) is 5.75 Å². The summed E-state index contributed by atoms with van der Waals surface area (Å²) in [6.45, 7) is 2.78. The number of nitrogens with one attached hydrogen (secondary N) is 1. The zero-order chi connectivity index (χ0) is 14.4. The fourth-order valence-electron chi connectivity index (χ4n) is 2.82. The molecule has 1 N–H and O–H groups in total. The minimum Gasteiger partial charge on any atom is -0.310 e. The highest BCUT2D eigenvalue weighted by atomic mass is 32.2. The first-order valence-corrected chi connectivity index (χ1v) is 8.70. The van der Waals surface area contributed by atoms with E-state index in [0.717, 1.165) is 43.5 Å². The smallest absolute Gasteiger partial charge is 0.0991 e. The summed E-state index contributed by atoms with van der Waals surface area (Å²) in [7, 11) is -0.670. The Balaban J connectivity index is 1.87. The number of hydrogen-bond donors (Lipinski definition) is 1. The lowest BCUT2D eigenvalue weighted by Crippen LogP contribution is -2.37. The highest BCUT2D eigenvalue weighted by Gasteiger charge is 2.24. The van der Waals surface area contributed by atoms with E-state index >= 15 is 0 Å². The normalized spacial score (nSPS) is 24.0. The van der Waals surface area contributed by atoms with Gasteiger partial charge in [-0.15, -0.1) is 0 Å². The molecular formula is C16H22N2OS. The van der Waals surface area contributed by atoms with E-state index in [0.29, 0.717) is 16.9 Å². The monoisotopic (exact) mass is 290 g/mol. The number of rotatable bonds is 5. The number of benzene rings is 1. The van der Waals surface area contributed by atoms with Gasteiger partial charge >= 0.3 is 0 Å². The van der Waals surface area contributed by atoms with E-state index in [1.54, 1.807) is 0 Å². The second-order valence-corrected chi connectivity index (χ2v) is 7.35. The van der Waals surface area contributed by atoms with Crippen molar-refractivity contribution in [3.05, 3.63) is 35.4 Å². The second-order valence-electron chi connectivity index (χ2n) is 5.35. The molecule has 20 heavy (non-hydrogen) atoms. The van der Waals surface area contributed by atoms with E-state index < -0.39 is 10.8 Å². The van der Waals surface area contributed by atoms with Gasteiger partial charge in [0, 0.05) is 34.4 Å². The average molecular weight is 290 g/mol. The van der Waals surface area contributed by atoms with Gasteiger partial charge in [0.1, 0.15) is 0 Å². The van der Waals surface area contributed by atoms with Crippen LogP contribution in [0.3, 0.4) is 0 Å². The zero-order valence-corrected chi connectivity index (χ0v) is 12.8. The molecule has 2 rings (SSSR count). The third-order valence-electron chi connectivity index (χ3n) is 3.93. The molecule has 1 fully saturated rings. The molecule has 0 bridgehead atoms. The Hall–Kier alpha value is -1.18. The van der Waals surface area contributed by atoms with Crippen LogP contribution in [0.25, 0.3) is 0 Å². The zero-order valence-electron chi connectivity index (χ0n) is 12.0. The molecule has 3 nitrogen and oxygen atoms in total. The number of nitrogens with zero attached hydrogens (tertiary/aromatic N) is 1. The van der Waals surface area contributed by atoms with Gasteiger partial charge in [0.05, 0.1) is 11.6 Å². The Kier molecular flexibility index (Phi) is 5.75. The van der Waals surface area contributed by atoms with Gasteiger partial charge < -0.3 is 5.32 Å². The van der Waals surface area contributed by atoms with Crippen molar-refractivity contribution in [2.24, 2.45) is 0 Å². The maximum Gasteiger partial charge on any atom is 0.0991 e. The van der Waals surface area contributed by atoms with Gasteiger partial charge in [-0.25, -0.2) is 0 Å². The molecule has 0 spiro atoms. The van der Waals surface area contributed by atoms with Crippen molar-refractivity contribution in [1.82, 2.24) is 5.32 Å². The quantitative estimate of drug-likeness (QED) is 0.907. The SMILES string of the molecule is CC[S@@](=O)[C@H]1CCC[C@H](NCc2cccc(C#N)c2)C1. The van der Waals surface area contributed by atoms with Gasteiger partial charge in [-0.2, -0.15) is 5.26 Å². The Labute approximate surface area is 123 Å². The molecule has 0 aromatic heterocycles. The number of hydrogen-bond acceptors (Lipinski definition) is 3. The molecule has 0 radical (unpaired) electrons. The van der Waals surface area contributed by atoms with Crippen LogP contribution >= 0.6 is 0 Å². The Morgan fingerprint density at radius 1 is 1.45 bits per heavy atom. The minimum atomic E-state index is -0.670. The molecular weight excluding hydrogens is 268 g/mol. The van der Waals surface area contributed by atoms with Gasteiger partial charge in [0.25, 0.3) is 0 Å². The highest BCUT2D eigenvalue weighted by molar-refractivity contribution is 7.85. The summed E-state index contributed by atoms with van der Waals surface area (Å²) in [6, 6.07) is 10.3. The van der Waals surface area contributed by atoms with Crippen molar-refractivity contribution in [1.29, 1.82) is 5.26 Å². The molecule has 0 unspecified atom stereocenters. The van der Waals surface area contributed by atoms with Gasteiger partial charge in [-0.1, -0.05) is 25.5 Å². The second kappa shape index (κ2) is 7.56. The van der Waals surface area contributed by atoms with Crippen molar-refractivity contribution < 1.29 is 4.21 Å². The van der Waals surface area contributed by atoms with E-state index in [1.807, 2.05) is 31.2 Å². The molecule has 1 saturated carbocycles. The molecule has 0 amide bonds. The van der Waals surface area contributed by atoms with Gasteiger partial charge in [0.2, 0.25) is 0 Å². The lowest BCUT2D eigenvalue weighted by molar-refractivity contribution is 0.376. The summed E-state index contributed by atoms with van der Waals surface area (Å²) in [6.07, 6.45) is 4.43. The summed E-state index contributed by atoms with van der Waals surface area (Å²) in [5, 5.41) is 12.8. The summed E-state index contributed by atoms with van der Waals surface area (Å²) >= 11 is 0. The molecule has 0 aliphatic heterocycles. The van der Waals surface area contributed by atoms with Gasteiger partial charge in [-0.3, -0.25) is 4.21 Å². The molecule has 3 atom stereocenters. The molecule has 1 aliphatic rings. The molecule has 108 valence electrons. The van der Waals surface area contributed by atoms with Crippen LogP contribution in [0.4, 0.5) is 0 Å². The van der Waals surface area contributed by atoms with Crippen LogP contribution in [0.2, 0.25) is 0 Å². The fourth-order valence-corrected chi connectivity index (χ4v) is 4.17. The van der Waals surface area contributed by atoms with Crippen LogP contribution in [-0.2, 0) is 17.3 Å². The number of nitriles is 1. The maximum atomic E-state index is 11.9. The molecule has 0 heterocycles. The average Bonchev–Trinajstić information content (AvgIpc) is 2.52. The van der Waals surface area contributed by atoms with Crippen LogP contribution in [-0.4, -0.2) is 21.3 Å². The molecule has 1 aromatic carbocycles. The standard InChI is InChI=1S/C16H22N2OS/c1-2-20(19)16-8-4-7-15(10-16)18-12-14-6-3-5-13(9-14)11-17/h3,5-6,9,15-16,18H,2,4,7-8,10,12H2,1H3/t15-,16-,20+/m0/s1. The molecule has 4 heteroatoms. The predicted octanol–water partition coefficient (Wildman–Crippen LogP) is 2.73. The van der Waals surface area contributed by atoms with Crippen molar-refractivity contribution in [2.45, 2.75) is 50.4 Å². The van der Waals surface area contributed by atoms with Crippen LogP contribution in [0, 0.1) is 11.3 Å². The van der Waals surface area contributed by atoms with Crippen LogP contribution in [0.15, 0.2) is 24.3 Å². The third-order valence-corrected chi connectivity index (χ3v) is 5.67. The van der Waals surface area contributed by atoms with E-state index in [-0.39, 0.29) is 0 Å². The maximum absolute atomic E-state index is 11.9. The fraction of sp³-hybridized carbons (Fsp3) is 0.562. The van der Waals surface area contributed by atoms with Gasteiger partial charge in [0.15, 0.2) is 0 Å². The first-order valence-electron chi connectivity index (χ1n) is 7.32. The molecule has 1 aromatic rings. The molecule has 1 aliphatic carbocycles. The summed E-state index contributed by atoms with van der Waals surface area (Å²) in [4.78, 5) is 0. The van der Waals surface area contributed by atoms with Crippen molar-refractivity contribution >= 4 is 10.8 Å². The Morgan fingerprint density at radius 3 is 3.05 bits per heavy atom. The Morgan fingerprint density at radius 2 is 2.30 bits per heavy atom. The Bertz CT molecular complexity index is 509. The highest BCUT2D eigenvalue weighted by Crippen LogP contribution is 2.23. The van der Waals surface area contributed by atoms with Crippen LogP contribution < -0.4 is 5.32 Å². The topological polar surface area (TPSA) is 52.9 Å². The van der Waals surface area contributed by atoms with Crippen molar-refractivity contribution in [3.8, 4) is 6.07 Å². The lowest BCUT2D eigenvalue weighted by atomic mass is 9.95. The minimum absolute atomic E-state index is 0.358. The van der Waals surface area contributed by atoms with E-state index in [2.05, 4.69) is 11.4 Å². The van der Waals surface area contributed by atoms with E-state index in [4.69, 9.17) is 5.26 Å². The van der Waals surface area contributed by atoms with E-state index in [9.17, 15) is 4.21 Å². The lowest BCUT2D eigenvalue weighted by Gasteiger charge is -2.29. The summed E-state index contributed by atoms with van der Waals surface area (Å²) in [5.74, 6) is 0.765. The predicted molar refractivity (Wildman–Crippen MR) is 82.7 cm³/mol.